The van der Waals surface area contributed by atoms with E-state index in [2.05, 4.69) is 0 Å². The molecule has 0 bridgehead atoms. The van der Waals surface area contributed by atoms with Crippen molar-refractivity contribution in [1.82, 2.24) is 0 Å². The molecule has 0 unspecified atom stereocenters. The zero-order valence-corrected chi connectivity index (χ0v) is 10.8. The van der Waals surface area contributed by atoms with Crippen molar-refractivity contribution >= 4 is 0 Å². The molecule has 0 aromatic heterocycles. The van der Waals surface area contributed by atoms with Crippen LogP contribution in [0.15, 0.2) is 12.1 Å². The molecule has 4 heteroatoms. The SMILES string of the molecule is CCOc1cc(OCC)c(OCC)cc1CN. The van der Waals surface area contributed by atoms with Crippen LogP contribution in [0.3, 0.4) is 0 Å². The highest BCUT2D eigenvalue weighted by Crippen LogP contribution is 2.35. The van der Waals surface area contributed by atoms with Gasteiger partial charge in [-0.3, -0.25) is 0 Å². The van der Waals surface area contributed by atoms with Gasteiger partial charge in [0, 0.05) is 18.2 Å². The van der Waals surface area contributed by atoms with Crippen LogP contribution in [0.5, 0.6) is 17.2 Å². The van der Waals surface area contributed by atoms with E-state index in [1.165, 1.54) is 0 Å². The van der Waals surface area contributed by atoms with Crippen LogP contribution >= 0.6 is 0 Å². The molecule has 0 aliphatic rings. The van der Waals surface area contributed by atoms with Crippen LogP contribution in [-0.4, -0.2) is 19.8 Å². The minimum absolute atomic E-state index is 0.418. The first kappa shape index (κ1) is 13.6. The lowest BCUT2D eigenvalue weighted by Crippen LogP contribution is -2.05. The van der Waals surface area contributed by atoms with Crippen LogP contribution in [-0.2, 0) is 6.54 Å². The van der Waals surface area contributed by atoms with Gasteiger partial charge in [0.15, 0.2) is 11.5 Å². The lowest BCUT2D eigenvalue weighted by molar-refractivity contribution is 0.282. The Balaban J connectivity index is 3.11. The summed E-state index contributed by atoms with van der Waals surface area (Å²) in [5.74, 6) is 2.19. The van der Waals surface area contributed by atoms with Gasteiger partial charge < -0.3 is 19.9 Å². The largest absolute Gasteiger partial charge is 0.493 e. The summed E-state index contributed by atoms with van der Waals surface area (Å²) >= 11 is 0. The number of rotatable bonds is 7. The van der Waals surface area contributed by atoms with Crippen molar-refractivity contribution in [2.75, 3.05) is 19.8 Å². The highest BCUT2D eigenvalue weighted by atomic mass is 16.5. The van der Waals surface area contributed by atoms with Crippen molar-refractivity contribution in [1.29, 1.82) is 0 Å². The van der Waals surface area contributed by atoms with Crippen molar-refractivity contribution < 1.29 is 14.2 Å². The summed E-state index contributed by atoms with van der Waals surface area (Å²) in [4.78, 5) is 0. The molecule has 0 saturated carbocycles. The molecular formula is C13H21NO3. The van der Waals surface area contributed by atoms with Crippen molar-refractivity contribution in [3.05, 3.63) is 17.7 Å². The average Bonchev–Trinajstić information content (AvgIpc) is 2.33. The van der Waals surface area contributed by atoms with Crippen molar-refractivity contribution in [3.8, 4) is 17.2 Å². The summed E-state index contributed by atoms with van der Waals surface area (Å²) in [7, 11) is 0. The van der Waals surface area contributed by atoms with E-state index in [1.807, 2.05) is 32.9 Å². The molecule has 1 rings (SSSR count). The Bertz CT molecular complexity index is 353. The number of benzene rings is 1. The minimum atomic E-state index is 0.418. The number of hydrogen-bond acceptors (Lipinski definition) is 4. The molecule has 4 nitrogen and oxygen atoms in total. The van der Waals surface area contributed by atoms with E-state index in [-0.39, 0.29) is 0 Å². The van der Waals surface area contributed by atoms with E-state index in [9.17, 15) is 0 Å². The molecule has 1 aromatic rings. The van der Waals surface area contributed by atoms with Crippen LogP contribution in [0.4, 0.5) is 0 Å². The predicted molar refractivity (Wildman–Crippen MR) is 67.8 cm³/mol. The van der Waals surface area contributed by atoms with Gasteiger partial charge in [-0.15, -0.1) is 0 Å². The van der Waals surface area contributed by atoms with E-state index in [0.29, 0.717) is 32.1 Å². The molecule has 96 valence electrons. The highest BCUT2D eigenvalue weighted by molar-refractivity contribution is 5.50. The van der Waals surface area contributed by atoms with Gasteiger partial charge in [-0.2, -0.15) is 0 Å². The highest BCUT2D eigenvalue weighted by Gasteiger charge is 2.11. The minimum Gasteiger partial charge on any atom is -0.493 e. The summed E-state index contributed by atoms with van der Waals surface area (Å²) < 4.78 is 16.6. The van der Waals surface area contributed by atoms with Crippen LogP contribution in [0.1, 0.15) is 26.3 Å². The van der Waals surface area contributed by atoms with E-state index < -0.39 is 0 Å². The maximum Gasteiger partial charge on any atom is 0.164 e. The maximum atomic E-state index is 5.69. The Morgan fingerprint density at radius 3 is 1.76 bits per heavy atom. The Labute approximate surface area is 103 Å². The number of ether oxygens (including phenoxy) is 3. The molecule has 0 spiro atoms. The molecule has 0 saturated heterocycles. The lowest BCUT2D eigenvalue weighted by Gasteiger charge is -2.15. The average molecular weight is 239 g/mol. The van der Waals surface area contributed by atoms with Crippen LogP contribution in [0.2, 0.25) is 0 Å². The van der Waals surface area contributed by atoms with E-state index >= 15 is 0 Å². The normalized spacial score (nSPS) is 10.1. The van der Waals surface area contributed by atoms with Crippen molar-refractivity contribution in [2.45, 2.75) is 27.3 Å². The second-order valence-corrected chi connectivity index (χ2v) is 3.41. The van der Waals surface area contributed by atoms with Gasteiger partial charge in [0.25, 0.3) is 0 Å². The maximum absolute atomic E-state index is 5.69. The Morgan fingerprint density at radius 2 is 1.29 bits per heavy atom. The number of nitrogens with two attached hydrogens (primary N) is 1. The Hall–Kier alpha value is -1.42. The molecule has 0 fully saturated rings. The second-order valence-electron chi connectivity index (χ2n) is 3.41. The van der Waals surface area contributed by atoms with Crippen LogP contribution in [0.25, 0.3) is 0 Å². The second kappa shape index (κ2) is 7.01. The molecule has 0 amide bonds. The van der Waals surface area contributed by atoms with Gasteiger partial charge in [-0.25, -0.2) is 0 Å². The van der Waals surface area contributed by atoms with Gasteiger partial charge in [-0.1, -0.05) is 0 Å². The van der Waals surface area contributed by atoms with Crippen molar-refractivity contribution in [3.63, 3.8) is 0 Å². The van der Waals surface area contributed by atoms with Crippen molar-refractivity contribution in [2.24, 2.45) is 5.73 Å². The molecule has 1 aromatic carbocycles. The molecule has 0 heterocycles. The molecular weight excluding hydrogens is 218 g/mol. The summed E-state index contributed by atoms with van der Waals surface area (Å²) in [6, 6.07) is 3.74. The fraction of sp³-hybridized carbons (Fsp3) is 0.538. The van der Waals surface area contributed by atoms with Crippen LogP contribution in [0, 0.1) is 0 Å². The standard InChI is InChI=1S/C13H21NO3/c1-4-15-11-8-13(17-6-3)12(16-5-2)7-10(11)9-14/h7-8H,4-6,9,14H2,1-3H3. The molecule has 17 heavy (non-hydrogen) atoms. The quantitative estimate of drug-likeness (QED) is 0.793. The Kier molecular flexibility index (Phi) is 5.63. The van der Waals surface area contributed by atoms with Gasteiger partial charge >= 0.3 is 0 Å². The lowest BCUT2D eigenvalue weighted by atomic mass is 10.1. The van der Waals surface area contributed by atoms with E-state index in [0.717, 1.165) is 17.1 Å². The fourth-order valence-electron chi connectivity index (χ4n) is 1.57. The van der Waals surface area contributed by atoms with Crippen LogP contribution < -0.4 is 19.9 Å². The third-order valence-corrected chi connectivity index (χ3v) is 2.25. The molecule has 2 N–H and O–H groups in total. The fourth-order valence-corrected chi connectivity index (χ4v) is 1.57. The monoisotopic (exact) mass is 239 g/mol. The van der Waals surface area contributed by atoms with Gasteiger partial charge in [-0.05, 0) is 26.8 Å². The number of hydrogen-bond donors (Lipinski definition) is 1. The molecule has 0 aliphatic carbocycles. The molecule has 0 aliphatic heterocycles. The molecule has 0 radical (unpaired) electrons. The van der Waals surface area contributed by atoms with Gasteiger partial charge in [0.1, 0.15) is 5.75 Å². The summed E-state index contributed by atoms with van der Waals surface area (Å²) in [5.41, 5.74) is 6.62. The smallest absolute Gasteiger partial charge is 0.164 e. The van der Waals surface area contributed by atoms with Gasteiger partial charge in [0.2, 0.25) is 0 Å². The first-order valence-electron chi connectivity index (χ1n) is 6.02. The summed E-state index contributed by atoms with van der Waals surface area (Å²) in [5, 5.41) is 0. The van der Waals surface area contributed by atoms with Gasteiger partial charge in [0.05, 0.1) is 19.8 Å². The topological polar surface area (TPSA) is 53.7 Å². The first-order chi connectivity index (χ1) is 8.26. The van der Waals surface area contributed by atoms with E-state index in [1.54, 1.807) is 0 Å². The first-order valence-corrected chi connectivity index (χ1v) is 6.02. The third kappa shape index (κ3) is 3.53. The Morgan fingerprint density at radius 1 is 0.824 bits per heavy atom. The zero-order valence-electron chi connectivity index (χ0n) is 10.8. The summed E-state index contributed by atoms with van der Waals surface area (Å²) in [6.07, 6.45) is 0. The molecule has 0 atom stereocenters. The third-order valence-electron chi connectivity index (χ3n) is 2.25. The summed E-state index contributed by atoms with van der Waals surface area (Å²) in [6.45, 7) is 8.03. The predicted octanol–water partition coefficient (Wildman–Crippen LogP) is 2.34. The zero-order chi connectivity index (χ0) is 12.7. The van der Waals surface area contributed by atoms with E-state index in [4.69, 9.17) is 19.9 Å².